The van der Waals surface area contributed by atoms with Crippen molar-refractivity contribution < 1.29 is 4.74 Å². The van der Waals surface area contributed by atoms with Crippen LogP contribution in [0, 0.1) is 0 Å². The number of rotatable bonds is 4. The molecule has 1 fully saturated rings. The lowest BCUT2D eigenvalue weighted by atomic mass is 10.0. The average Bonchev–Trinajstić information content (AvgIpc) is 2.81. The summed E-state index contributed by atoms with van der Waals surface area (Å²) in [5.41, 5.74) is 7.35. The predicted molar refractivity (Wildman–Crippen MR) is 87.9 cm³/mol. The molecule has 0 aromatic heterocycles. The summed E-state index contributed by atoms with van der Waals surface area (Å²) in [5.74, 6) is 1.92. The largest absolute Gasteiger partial charge is 0.496 e. The molecule has 1 aliphatic heterocycles. The standard InChI is InChI=1S/C17H27N3O/c1-14(15-9-5-6-10-16(15)21-2)13-19-17(18)20-11-7-3-4-8-12-20/h5-6,9-10,14H,3-4,7-8,11-13H2,1-2H3,(H2,18,19). The van der Waals surface area contributed by atoms with Crippen molar-refractivity contribution in [2.75, 3.05) is 26.7 Å². The molecule has 1 unspecified atom stereocenters. The van der Waals surface area contributed by atoms with Crippen molar-refractivity contribution in [3.8, 4) is 5.75 Å². The van der Waals surface area contributed by atoms with Gasteiger partial charge < -0.3 is 15.4 Å². The molecule has 1 aromatic rings. The molecule has 0 spiro atoms. The molecule has 0 aliphatic carbocycles. The molecule has 2 N–H and O–H groups in total. The molecule has 0 saturated carbocycles. The number of methoxy groups -OCH3 is 1. The average molecular weight is 289 g/mol. The zero-order valence-corrected chi connectivity index (χ0v) is 13.2. The SMILES string of the molecule is COc1ccccc1C(C)CN=C(N)N1CCCCCC1. The second-order valence-corrected chi connectivity index (χ2v) is 5.74. The summed E-state index contributed by atoms with van der Waals surface area (Å²) >= 11 is 0. The van der Waals surface area contributed by atoms with Gasteiger partial charge in [0.1, 0.15) is 5.75 Å². The van der Waals surface area contributed by atoms with E-state index < -0.39 is 0 Å². The van der Waals surface area contributed by atoms with Crippen molar-refractivity contribution >= 4 is 5.96 Å². The lowest BCUT2D eigenvalue weighted by Crippen LogP contribution is -2.38. The fraction of sp³-hybridized carbons (Fsp3) is 0.588. The third kappa shape index (κ3) is 4.38. The summed E-state index contributed by atoms with van der Waals surface area (Å²) in [7, 11) is 1.71. The summed E-state index contributed by atoms with van der Waals surface area (Å²) in [5, 5.41) is 0. The molecule has 1 aromatic carbocycles. The molecule has 4 heteroatoms. The van der Waals surface area contributed by atoms with E-state index in [1.54, 1.807) is 7.11 Å². The highest BCUT2D eigenvalue weighted by molar-refractivity contribution is 5.78. The van der Waals surface area contributed by atoms with Gasteiger partial charge in [-0.2, -0.15) is 0 Å². The van der Waals surface area contributed by atoms with Gasteiger partial charge in [0.05, 0.1) is 7.11 Å². The minimum Gasteiger partial charge on any atom is -0.496 e. The molecule has 1 aliphatic rings. The maximum absolute atomic E-state index is 6.16. The summed E-state index contributed by atoms with van der Waals surface area (Å²) in [4.78, 5) is 6.83. The molecular formula is C17H27N3O. The van der Waals surface area contributed by atoms with Crippen LogP contribution >= 0.6 is 0 Å². The number of likely N-dealkylation sites (tertiary alicyclic amines) is 1. The van der Waals surface area contributed by atoms with Crippen LogP contribution in [0.25, 0.3) is 0 Å². The highest BCUT2D eigenvalue weighted by Gasteiger charge is 2.13. The van der Waals surface area contributed by atoms with Crippen LogP contribution in [0.15, 0.2) is 29.3 Å². The van der Waals surface area contributed by atoms with Gasteiger partial charge in [-0.3, -0.25) is 4.99 Å². The van der Waals surface area contributed by atoms with Crippen LogP contribution in [0.3, 0.4) is 0 Å². The van der Waals surface area contributed by atoms with E-state index in [2.05, 4.69) is 22.9 Å². The van der Waals surface area contributed by atoms with Gasteiger partial charge in [0.2, 0.25) is 0 Å². The first-order valence-corrected chi connectivity index (χ1v) is 7.90. The lowest BCUT2D eigenvalue weighted by Gasteiger charge is -2.22. The molecule has 0 bridgehead atoms. The Hall–Kier alpha value is -1.71. The topological polar surface area (TPSA) is 50.9 Å². The number of guanidine groups is 1. The van der Waals surface area contributed by atoms with Crippen molar-refractivity contribution in [3.05, 3.63) is 29.8 Å². The van der Waals surface area contributed by atoms with Crippen LogP contribution in [-0.2, 0) is 0 Å². The van der Waals surface area contributed by atoms with Crippen molar-refractivity contribution in [3.63, 3.8) is 0 Å². The van der Waals surface area contributed by atoms with Gasteiger partial charge in [0.25, 0.3) is 0 Å². The van der Waals surface area contributed by atoms with Crippen LogP contribution in [0.4, 0.5) is 0 Å². The van der Waals surface area contributed by atoms with Crippen LogP contribution in [0.2, 0.25) is 0 Å². The maximum atomic E-state index is 6.16. The van der Waals surface area contributed by atoms with Gasteiger partial charge in [-0.1, -0.05) is 38.0 Å². The molecule has 2 rings (SSSR count). The molecule has 1 saturated heterocycles. The Morgan fingerprint density at radius 2 is 1.90 bits per heavy atom. The molecule has 0 amide bonds. The zero-order valence-electron chi connectivity index (χ0n) is 13.2. The molecule has 116 valence electrons. The van der Waals surface area contributed by atoms with E-state index in [0.29, 0.717) is 18.4 Å². The second kappa shape index (κ2) is 7.91. The summed E-state index contributed by atoms with van der Waals surface area (Å²) in [6.07, 6.45) is 5.05. The maximum Gasteiger partial charge on any atom is 0.191 e. The number of para-hydroxylation sites is 1. The number of ether oxygens (including phenoxy) is 1. The Morgan fingerprint density at radius 1 is 1.24 bits per heavy atom. The fourth-order valence-corrected chi connectivity index (χ4v) is 2.80. The third-order valence-corrected chi connectivity index (χ3v) is 4.13. The van der Waals surface area contributed by atoms with E-state index in [1.807, 2.05) is 18.2 Å². The first-order valence-electron chi connectivity index (χ1n) is 7.90. The number of benzene rings is 1. The first kappa shape index (κ1) is 15.7. The van der Waals surface area contributed by atoms with Gasteiger partial charge in [0, 0.05) is 25.6 Å². The Morgan fingerprint density at radius 3 is 2.57 bits per heavy atom. The molecule has 1 atom stereocenters. The van der Waals surface area contributed by atoms with Gasteiger partial charge in [-0.25, -0.2) is 0 Å². The minimum absolute atomic E-state index is 0.298. The smallest absolute Gasteiger partial charge is 0.191 e. The Bertz CT molecular complexity index is 465. The van der Waals surface area contributed by atoms with Crippen LogP contribution < -0.4 is 10.5 Å². The monoisotopic (exact) mass is 289 g/mol. The second-order valence-electron chi connectivity index (χ2n) is 5.74. The van der Waals surface area contributed by atoms with Gasteiger partial charge >= 0.3 is 0 Å². The van der Waals surface area contributed by atoms with Crippen molar-refractivity contribution in [1.29, 1.82) is 0 Å². The molecule has 0 radical (unpaired) electrons. The van der Waals surface area contributed by atoms with Crippen LogP contribution in [0.1, 0.15) is 44.1 Å². The van der Waals surface area contributed by atoms with E-state index in [1.165, 1.54) is 31.2 Å². The molecule has 1 heterocycles. The number of nitrogens with zero attached hydrogens (tertiary/aromatic N) is 2. The van der Waals surface area contributed by atoms with Crippen molar-refractivity contribution in [2.45, 2.75) is 38.5 Å². The minimum atomic E-state index is 0.298. The number of hydrogen-bond donors (Lipinski definition) is 1. The summed E-state index contributed by atoms with van der Waals surface area (Å²) < 4.78 is 5.42. The van der Waals surface area contributed by atoms with E-state index in [9.17, 15) is 0 Å². The Labute approximate surface area is 128 Å². The molecular weight excluding hydrogens is 262 g/mol. The van der Waals surface area contributed by atoms with Gasteiger partial charge in [-0.15, -0.1) is 0 Å². The highest BCUT2D eigenvalue weighted by Crippen LogP contribution is 2.26. The highest BCUT2D eigenvalue weighted by atomic mass is 16.5. The summed E-state index contributed by atoms with van der Waals surface area (Å²) in [6.45, 7) is 4.94. The van der Waals surface area contributed by atoms with Crippen LogP contribution in [-0.4, -0.2) is 37.6 Å². The molecule has 21 heavy (non-hydrogen) atoms. The van der Waals surface area contributed by atoms with E-state index in [-0.39, 0.29) is 0 Å². The Kier molecular flexibility index (Phi) is 5.90. The Balaban J connectivity index is 1.98. The van der Waals surface area contributed by atoms with E-state index in [0.717, 1.165) is 18.8 Å². The van der Waals surface area contributed by atoms with Gasteiger partial charge in [-0.05, 0) is 24.5 Å². The predicted octanol–water partition coefficient (Wildman–Crippen LogP) is 2.99. The molecule has 4 nitrogen and oxygen atoms in total. The fourth-order valence-electron chi connectivity index (χ4n) is 2.80. The first-order chi connectivity index (χ1) is 10.2. The number of aliphatic imine (C=N–C) groups is 1. The van der Waals surface area contributed by atoms with E-state index in [4.69, 9.17) is 10.5 Å². The van der Waals surface area contributed by atoms with E-state index >= 15 is 0 Å². The number of hydrogen-bond acceptors (Lipinski definition) is 2. The normalized spacial score (nSPS) is 18.2. The van der Waals surface area contributed by atoms with Crippen molar-refractivity contribution in [2.24, 2.45) is 10.7 Å². The van der Waals surface area contributed by atoms with Gasteiger partial charge in [0.15, 0.2) is 5.96 Å². The lowest BCUT2D eigenvalue weighted by molar-refractivity contribution is 0.406. The number of nitrogens with two attached hydrogens (primary N) is 1. The third-order valence-electron chi connectivity index (χ3n) is 4.13. The van der Waals surface area contributed by atoms with Crippen molar-refractivity contribution in [1.82, 2.24) is 4.90 Å². The quantitative estimate of drug-likeness (QED) is 0.685. The summed E-state index contributed by atoms with van der Waals surface area (Å²) in [6, 6.07) is 8.12. The zero-order chi connectivity index (χ0) is 15.1. The van der Waals surface area contributed by atoms with Crippen LogP contribution in [0.5, 0.6) is 5.75 Å².